The van der Waals surface area contributed by atoms with Gasteiger partial charge in [0.15, 0.2) is 0 Å². The second-order valence-electron chi connectivity index (χ2n) is 6.38. The number of hydrogen-bond donors (Lipinski definition) is 1. The molecule has 1 aliphatic carbocycles. The summed E-state index contributed by atoms with van der Waals surface area (Å²) in [5, 5.41) is 19.8. The highest BCUT2D eigenvalue weighted by atomic mass is 16.3. The van der Waals surface area contributed by atoms with Crippen LogP contribution in [0.25, 0.3) is 0 Å². The van der Waals surface area contributed by atoms with Crippen molar-refractivity contribution in [3.8, 4) is 6.07 Å². The zero-order chi connectivity index (χ0) is 15.1. The number of allylic oxidation sites excluding steroid dienone is 2. The molecule has 1 heterocycles. The van der Waals surface area contributed by atoms with Gasteiger partial charge in [-0.1, -0.05) is 25.5 Å². The monoisotopic (exact) mass is 274 g/mol. The summed E-state index contributed by atoms with van der Waals surface area (Å²) in [6, 6.07) is 2.14. The number of amides is 1. The van der Waals surface area contributed by atoms with Gasteiger partial charge in [0, 0.05) is 30.8 Å². The summed E-state index contributed by atoms with van der Waals surface area (Å²) in [5.74, 6) is 0.263. The molecule has 0 aromatic heterocycles. The van der Waals surface area contributed by atoms with Gasteiger partial charge in [0.2, 0.25) is 5.91 Å². The summed E-state index contributed by atoms with van der Waals surface area (Å²) in [4.78, 5) is 13.4. The molecule has 0 aromatic rings. The number of aliphatic hydroxyl groups is 1. The second-order valence-corrected chi connectivity index (χ2v) is 6.38. The van der Waals surface area contributed by atoms with Gasteiger partial charge in [-0.15, -0.1) is 0 Å². The maximum Gasteiger partial charge on any atom is 0.219 e. The van der Waals surface area contributed by atoms with Crippen molar-refractivity contribution in [2.45, 2.75) is 40.5 Å². The van der Waals surface area contributed by atoms with Crippen molar-refractivity contribution in [1.29, 1.82) is 5.26 Å². The Morgan fingerprint density at radius 2 is 2.20 bits per heavy atom. The molecule has 2 atom stereocenters. The molecule has 20 heavy (non-hydrogen) atoms. The fourth-order valence-electron chi connectivity index (χ4n) is 3.69. The number of aliphatic hydroxyl groups excluding tert-OH is 1. The van der Waals surface area contributed by atoms with Crippen LogP contribution in [0.5, 0.6) is 0 Å². The largest absolute Gasteiger partial charge is 0.510 e. The zero-order valence-corrected chi connectivity index (χ0v) is 12.7. The lowest BCUT2D eigenvalue weighted by molar-refractivity contribution is -0.130. The van der Waals surface area contributed by atoms with Crippen LogP contribution in [0.1, 0.15) is 40.5 Å². The van der Waals surface area contributed by atoms with E-state index in [4.69, 9.17) is 0 Å². The van der Waals surface area contributed by atoms with Crippen molar-refractivity contribution in [1.82, 2.24) is 4.90 Å². The predicted molar refractivity (Wildman–Crippen MR) is 76.7 cm³/mol. The van der Waals surface area contributed by atoms with Crippen LogP contribution >= 0.6 is 0 Å². The van der Waals surface area contributed by atoms with E-state index >= 15 is 0 Å². The lowest BCUT2D eigenvalue weighted by Crippen LogP contribution is -2.49. The summed E-state index contributed by atoms with van der Waals surface area (Å²) in [6.45, 7) is 8.88. The van der Waals surface area contributed by atoms with E-state index in [1.54, 1.807) is 11.8 Å². The minimum atomic E-state index is -0.485. The highest BCUT2D eigenvalue weighted by Crippen LogP contribution is 2.55. The third-order valence-corrected chi connectivity index (χ3v) is 4.96. The van der Waals surface area contributed by atoms with Crippen molar-refractivity contribution < 1.29 is 9.90 Å². The lowest BCUT2D eigenvalue weighted by Gasteiger charge is -2.50. The summed E-state index contributed by atoms with van der Waals surface area (Å²) in [5.41, 5.74) is 0.883. The molecular formula is C16H22N2O2. The van der Waals surface area contributed by atoms with Gasteiger partial charge in [-0.05, 0) is 19.8 Å². The fraction of sp³-hybridized carbons (Fsp3) is 0.625. The van der Waals surface area contributed by atoms with Gasteiger partial charge in [0.05, 0.1) is 11.6 Å². The Balaban J connectivity index is 2.56. The van der Waals surface area contributed by atoms with E-state index in [-0.39, 0.29) is 17.1 Å². The first kappa shape index (κ1) is 14.6. The smallest absolute Gasteiger partial charge is 0.219 e. The Kier molecular flexibility index (Phi) is 3.41. The Morgan fingerprint density at radius 3 is 2.70 bits per heavy atom. The highest BCUT2D eigenvalue weighted by molar-refractivity contribution is 5.74. The molecule has 1 aliphatic heterocycles. The number of carbonyl (C=O) groups excluding carboxylic acids is 1. The normalized spacial score (nSPS) is 33.4. The SMILES string of the molecule is CCC1(C)C2=CCN(C(C)=O)C[C@]2(C)CC(C#N)=C1O. The molecule has 0 aromatic carbocycles. The van der Waals surface area contributed by atoms with E-state index in [9.17, 15) is 15.2 Å². The number of rotatable bonds is 1. The van der Waals surface area contributed by atoms with Crippen molar-refractivity contribution in [3.63, 3.8) is 0 Å². The molecule has 0 spiro atoms. The van der Waals surface area contributed by atoms with Crippen LogP contribution in [0.4, 0.5) is 0 Å². The van der Waals surface area contributed by atoms with Crippen LogP contribution in [0.3, 0.4) is 0 Å². The Morgan fingerprint density at radius 1 is 1.55 bits per heavy atom. The van der Waals surface area contributed by atoms with Gasteiger partial charge in [-0.2, -0.15) is 5.26 Å². The highest BCUT2D eigenvalue weighted by Gasteiger charge is 2.50. The first-order valence-electron chi connectivity index (χ1n) is 7.08. The summed E-state index contributed by atoms with van der Waals surface area (Å²) in [7, 11) is 0. The minimum Gasteiger partial charge on any atom is -0.510 e. The molecule has 2 aliphatic rings. The second kappa shape index (κ2) is 4.66. The molecule has 1 amide bonds. The molecule has 2 rings (SSSR count). The average Bonchev–Trinajstić information content (AvgIpc) is 2.42. The van der Waals surface area contributed by atoms with E-state index in [0.29, 0.717) is 25.1 Å². The fourth-order valence-corrected chi connectivity index (χ4v) is 3.69. The van der Waals surface area contributed by atoms with Crippen LogP contribution in [-0.2, 0) is 4.79 Å². The van der Waals surface area contributed by atoms with Crippen molar-refractivity contribution in [2.24, 2.45) is 10.8 Å². The quantitative estimate of drug-likeness (QED) is 0.748. The molecule has 1 N–H and O–H groups in total. The maximum absolute atomic E-state index is 11.6. The molecule has 4 nitrogen and oxygen atoms in total. The van der Waals surface area contributed by atoms with Gasteiger partial charge < -0.3 is 10.0 Å². The molecule has 4 heteroatoms. The topological polar surface area (TPSA) is 64.3 Å². The van der Waals surface area contributed by atoms with E-state index in [0.717, 1.165) is 6.42 Å². The number of fused-ring (bicyclic) bond motifs is 1. The van der Waals surface area contributed by atoms with Crippen LogP contribution < -0.4 is 0 Å². The van der Waals surface area contributed by atoms with E-state index in [2.05, 4.69) is 19.1 Å². The van der Waals surface area contributed by atoms with Gasteiger partial charge in [0.25, 0.3) is 0 Å². The number of nitrogens with zero attached hydrogens (tertiary/aromatic N) is 2. The van der Waals surface area contributed by atoms with Gasteiger partial charge in [-0.25, -0.2) is 0 Å². The molecular weight excluding hydrogens is 252 g/mol. The van der Waals surface area contributed by atoms with Gasteiger partial charge >= 0.3 is 0 Å². The first-order chi connectivity index (χ1) is 9.28. The predicted octanol–water partition coefficient (Wildman–Crippen LogP) is 2.94. The van der Waals surface area contributed by atoms with Crippen molar-refractivity contribution >= 4 is 5.91 Å². The number of nitriles is 1. The molecule has 108 valence electrons. The third-order valence-electron chi connectivity index (χ3n) is 4.96. The van der Waals surface area contributed by atoms with Gasteiger partial charge in [0.1, 0.15) is 5.76 Å². The van der Waals surface area contributed by atoms with Crippen LogP contribution in [0, 0.1) is 22.2 Å². The Labute approximate surface area is 120 Å². The Bertz CT molecular complexity index is 555. The van der Waals surface area contributed by atoms with E-state index < -0.39 is 5.41 Å². The van der Waals surface area contributed by atoms with Crippen LogP contribution in [0.15, 0.2) is 23.0 Å². The molecule has 0 saturated heterocycles. The first-order valence-corrected chi connectivity index (χ1v) is 7.08. The number of hydrogen-bond acceptors (Lipinski definition) is 3. The Hall–Kier alpha value is -1.76. The van der Waals surface area contributed by atoms with Crippen molar-refractivity contribution in [2.75, 3.05) is 13.1 Å². The molecule has 0 radical (unpaired) electrons. The molecule has 1 unspecified atom stereocenters. The third kappa shape index (κ3) is 1.93. The van der Waals surface area contributed by atoms with E-state index in [1.165, 1.54) is 5.57 Å². The summed E-state index contributed by atoms with van der Waals surface area (Å²) < 4.78 is 0. The summed E-state index contributed by atoms with van der Waals surface area (Å²) in [6.07, 6.45) is 3.31. The minimum absolute atomic E-state index is 0.0528. The maximum atomic E-state index is 11.6. The van der Waals surface area contributed by atoms with Crippen LogP contribution in [0.2, 0.25) is 0 Å². The molecule has 0 bridgehead atoms. The standard InChI is InChI=1S/C16H22N2O2/c1-5-16(4)13-6-7-18(11(2)19)10-15(13,3)8-12(9-17)14(16)20/h6,20H,5,7-8,10H2,1-4H3/t15-,16?/m0/s1. The zero-order valence-electron chi connectivity index (χ0n) is 12.7. The lowest BCUT2D eigenvalue weighted by atomic mass is 9.58. The summed E-state index contributed by atoms with van der Waals surface area (Å²) >= 11 is 0. The van der Waals surface area contributed by atoms with Crippen molar-refractivity contribution in [3.05, 3.63) is 23.0 Å². The average molecular weight is 274 g/mol. The molecule has 0 fully saturated rings. The van der Waals surface area contributed by atoms with Crippen LogP contribution in [-0.4, -0.2) is 29.0 Å². The molecule has 0 saturated carbocycles. The van der Waals surface area contributed by atoms with E-state index in [1.807, 2.05) is 13.8 Å². The number of carbonyl (C=O) groups is 1. The van der Waals surface area contributed by atoms with Gasteiger partial charge in [-0.3, -0.25) is 4.79 Å².